The molecule has 19 heavy (non-hydrogen) atoms. The molecule has 1 aliphatic rings. The second-order valence-electron chi connectivity index (χ2n) is 5.25. The molecule has 1 saturated carbocycles. The molecule has 4 nitrogen and oxygen atoms in total. The van der Waals surface area contributed by atoms with Crippen LogP contribution in [0.4, 0.5) is 10.1 Å². The minimum atomic E-state index is -3.86. The molecule has 0 aromatic heterocycles. The van der Waals surface area contributed by atoms with Gasteiger partial charge in [0.1, 0.15) is 10.7 Å². The van der Waals surface area contributed by atoms with Crippen molar-refractivity contribution in [3.8, 4) is 0 Å². The van der Waals surface area contributed by atoms with E-state index in [1.807, 2.05) is 6.92 Å². The zero-order valence-corrected chi connectivity index (χ0v) is 11.9. The van der Waals surface area contributed by atoms with Crippen molar-refractivity contribution in [3.05, 3.63) is 23.5 Å². The van der Waals surface area contributed by atoms with Crippen molar-refractivity contribution >= 4 is 15.7 Å². The fourth-order valence-corrected chi connectivity index (χ4v) is 3.80. The van der Waals surface area contributed by atoms with Crippen LogP contribution >= 0.6 is 0 Å². The summed E-state index contributed by atoms with van der Waals surface area (Å²) in [6, 6.07) is 2.40. The van der Waals surface area contributed by atoms with Crippen LogP contribution in [0.5, 0.6) is 0 Å². The van der Waals surface area contributed by atoms with Gasteiger partial charge in [0, 0.05) is 11.7 Å². The van der Waals surface area contributed by atoms with E-state index in [2.05, 4.69) is 4.72 Å². The number of nitrogens with two attached hydrogens (primary N) is 1. The van der Waals surface area contributed by atoms with Crippen LogP contribution in [0.3, 0.4) is 0 Å². The minimum Gasteiger partial charge on any atom is -0.399 e. The van der Waals surface area contributed by atoms with Crippen molar-refractivity contribution in [2.45, 2.75) is 44.0 Å². The summed E-state index contributed by atoms with van der Waals surface area (Å²) in [6.07, 6.45) is 3.16. The molecule has 0 aliphatic heterocycles. The van der Waals surface area contributed by atoms with Crippen molar-refractivity contribution in [1.82, 2.24) is 4.72 Å². The Morgan fingerprint density at radius 2 is 2.05 bits per heavy atom. The summed E-state index contributed by atoms with van der Waals surface area (Å²) < 4.78 is 40.9. The molecule has 1 unspecified atom stereocenters. The highest BCUT2D eigenvalue weighted by Gasteiger charge is 2.29. The average Bonchev–Trinajstić information content (AvgIpc) is 2.19. The number of hydrogen-bond acceptors (Lipinski definition) is 3. The van der Waals surface area contributed by atoms with E-state index in [-0.39, 0.29) is 22.2 Å². The maximum Gasteiger partial charge on any atom is 0.243 e. The third-order valence-corrected chi connectivity index (χ3v) is 5.29. The number of halogens is 1. The molecule has 1 aliphatic carbocycles. The van der Waals surface area contributed by atoms with Gasteiger partial charge in [0.2, 0.25) is 10.0 Å². The summed E-state index contributed by atoms with van der Waals surface area (Å²) in [7, 11) is -3.86. The highest BCUT2D eigenvalue weighted by atomic mass is 32.2. The fourth-order valence-electron chi connectivity index (χ4n) is 2.30. The van der Waals surface area contributed by atoms with Crippen molar-refractivity contribution in [2.75, 3.05) is 5.73 Å². The first kappa shape index (κ1) is 14.3. The lowest BCUT2D eigenvalue weighted by Gasteiger charge is -2.31. The van der Waals surface area contributed by atoms with Gasteiger partial charge >= 0.3 is 0 Å². The Morgan fingerprint density at radius 1 is 1.42 bits per heavy atom. The Kier molecular flexibility index (Phi) is 3.82. The number of sulfonamides is 1. The SMILES string of the molecule is Cc1cc(N)cc(S(=O)(=O)NC(C)C2CCC2)c1F. The third-order valence-electron chi connectivity index (χ3n) is 3.73. The van der Waals surface area contributed by atoms with E-state index >= 15 is 0 Å². The molecule has 0 saturated heterocycles. The van der Waals surface area contributed by atoms with Gasteiger partial charge in [0.15, 0.2) is 0 Å². The predicted molar refractivity (Wildman–Crippen MR) is 72.7 cm³/mol. The molecule has 1 atom stereocenters. The smallest absolute Gasteiger partial charge is 0.243 e. The summed E-state index contributed by atoms with van der Waals surface area (Å²) in [5, 5.41) is 0. The Hall–Kier alpha value is -1.14. The molecule has 2 rings (SSSR count). The number of nitrogens with one attached hydrogen (secondary N) is 1. The number of rotatable bonds is 4. The molecule has 1 aromatic rings. The Bertz CT molecular complexity index is 583. The maximum absolute atomic E-state index is 13.9. The highest BCUT2D eigenvalue weighted by molar-refractivity contribution is 7.89. The number of aryl methyl sites for hydroxylation is 1. The molecule has 0 radical (unpaired) electrons. The van der Waals surface area contributed by atoms with Gasteiger partial charge in [0.25, 0.3) is 0 Å². The van der Waals surface area contributed by atoms with Gasteiger partial charge in [-0.1, -0.05) is 6.42 Å². The van der Waals surface area contributed by atoms with Crippen LogP contribution in [-0.4, -0.2) is 14.5 Å². The van der Waals surface area contributed by atoms with Crippen LogP contribution in [0.15, 0.2) is 17.0 Å². The number of anilines is 1. The van der Waals surface area contributed by atoms with Gasteiger partial charge in [-0.15, -0.1) is 0 Å². The lowest BCUT2D eigenvalue weighted by Crippen LogP contribution is -2.40. The average molecular weight is 286 g/mol. The normalized spacial score (nSPS) is 18.1. The Balaban J connectivity index is 2.28. The number of nitrogen functional groups attached to an aromatic ring is 1. The van der Waals surface area contributed by atoms with Crippen LogP contribution < -0.4 is 10.5 Å². The first-order valence-electron chi connectivity index (χ1n) is 6.39. The van der Waals surface area contributed by atoms with Gasteiger partial charge in [-0.2, -0.15) is 0 Å². The second-order valence-corrected chi connectivity index (χ2v) is 6.93. The maximum atomic E-state index is 13.9. The molecule has 0 heterocycles. The zero-order valence-electron chi connectivity index (χ0n) is 11.1. The van der Waals surface area contributed by atoms with E-state index in [9.17, 15) is 12.8 Å². The van der Waals surface area contributed by atoms with E-state index in [4.69, 9.17) is 5.73 Å². The monoisotopic (exact) mass is 286 g/mol. The van der Waals surface area contributed by atoms with E-state index in [1.54, 1.807) is 0 Å². The van der Waals surface area contributed by atoms with Crippen LogP contribution in [0.2, 0.25) is 0 Å². The van der Waals surface area contributed by atoms with Crippen molar-refractivity contribution in [2.24, 2.45) is 5.92 Å². The molecule has 0 amide bonds. The quantitative estimate of drug-likeness (QED) is 0.833. The topological polar surface area (TPSA) is 72.2 Å². The highest BCUT2D eigenvalue weighted by Crippen LogP contribution is 2.30. The van der Waals surface area contributed by atoms with Crippen LogP contribution in [0.25, 0.3) is 0 Å². The van der Waals surface area contributed by atoms with Crippen molar-refractivity contribution < 1.29 is 12.8 Å². The molecule has 3 N–H and O–H groups in total. The molecule has 0 bridgehead atoms. The van der Waals surface area contributed by atoms with Gasteiger partial charge in [0.05, 0.1) is 0 Å². The van der Waals surface area contributed by atoms with Crippen LogP contribution in [0.1, 0.15) is 31.7 Å². The molecule has 1 fully saturated rings. The van der Waals surface area contributed by atoms with E-state index < -0.39 is 15.8 Å². The Morgan fingerprint density at radius 3 is 2.58 bits per heavy atom. The lowest BCUT2D eigenvalue weighted by molar-refractivity contribution is 0.260. The second kappa shape index (κ2) is 5.09. The van der Waals surface area contributed by atoms with E-state index in [1.165, 1.54) is 13.0 Å². The van der Waals surface area contributed by atoms with Crippen LogP contribution in [-0.2, 0) is 10.0 Å². The first-order valence-corrected chi connectivity index (χ1v) is 7.87. The molecule has 0 spiro atoms. The Labute approximate surface area is 113 Å². The summed E-state index contributed by atoms with van der Waals surface area (Å²) >= 11 is 0. The van der Waals surface area contributed by atoms with Crippen molar-refractivity contribution in [3.63, 3.8) is 0 Å². The largest absolute Gasteiger partial charge is 0.399 e. The minimum absolute atomic E-state index is 0.181. The number of hydrogen-bond donors (Lipinski definition) is 2. The van der Waals surface area contributed by atoms with Gasteiger partial charge in [-0.25, -0.2) is 17.5 Å². The zero-order chi connectivity index (χ0) is 14.2. The lowest BCUT2D eigenvalue weighted by atomic mass is 9.81. The molecule has 1 aromatic carbocycles. The summed E-state index contributed by atoms with van der Waals surface area (Å²) in [4.78, 5) is -0.365. The summed E-state index contributed by atoms with van der Waals surface area (Å²) in [5.74, 6) is -0.387. The fraction of sp³-hybridized carbons (Fsp3) is 0.538. The molecule has 106 valence electrons. The summed E-state index contributed by atoms with van der Waals surface area (Å²) in [5.41, 5.74) is 6.07. The van der Waals surface area contributed by atoms with Gasteiger partial charge in [-0.3, -0.25) is 0 Å². The van der Waals surface area contributed by atoms with E-state index in [0.717, 1.165) is 25.3 Å². The first-order chi connectivity index (χ1) is 8.81. The van der Waals surface area contributed by atoms with Crippen LogP contribution in [0, 0.1) is 18.7 Å². The molecular formula is C13H19FN2O2S. The standard InChI is InChI=1S/C13H19FN2O2S/c1-8-6-11(15)7-12(13(8)14)19(17,18)16-9(2)10-4-3-5-10/h6-7,9-10,16H,3-5,15H2,1-2H3. The van der Waals surface area contributed by atoms with Gasteiger partial charge < -0.3 is 5.73 Å². The summed E-state index contributed by atoms with van der Waals surface area (Å²) in [6.45, 7) is 3.32. The van der Waals surface area contributed by atoms with Gasteiger partial charge in [-0.05, 0) is 50.3 Å². The molecular weight excluding hydrogens is 267 g/mol. The van der Waals surface area contributed by atoms with Crippen molar-refractivity contribution in [1.29, 1.82) is 0 Å². The van der Waals surface area contributed by atoms with E-state index in [0.29, 0.717) is 5.92 Å². The third kappa shape index (κ3) is 2.90. The number of benzene rings is 1. The predicted octanol–water partition coefficient (Wildman–Crippen LogP) is 2.18. The molecule has 6 heteroatoms.